The Hall–Kier alpha value is -3.33. The van der Waals surface area contributed by atoms with Crippen LogP contribution in [-0.4, -0.2) is 33.6 Å². The second-order valence-corrected chi connectivity index (χ2v) is 9.57. The Morgan fingerprint density at radius 2 is 1.76 bits per heavy atom. The Morgan fingerprint density at radius 3 is 2.47 bits per heavy atom. The van der Waals surface area contributed by atoms with Crippen LogP contribution in [0.1, 0.15) is 50.8 Å². The summed E-state index contributed by atoms with van der Waals surface area (Å²) in [5.74, 6) is 0.190. The molecule has 34 heavy (non-hydrogen) atoms. The lowest BCUT2D eigenvalue weighted by atomic mass is 10.1. The van der Waals surface area contributed by atoms with Gasteiger partial charge in [-0.1, -0.05) is 67.2 Å². The van der Waals surface area contributed by atoms with E-state index in [0.29, 0.717) is 6.42 Å². The second kappa shape index (κ2) is 11.7. The molecule has 0 aliphatic rings. The molecule has 3 aromatic rings. The number of amides is 2. The molecule has 180 valence electrons. The molecule has 0 saturated heterocycles. The average molecular weight is 483 g/mol. The number of hydrogen-bond acceptors (Lipinski definition) is 7. The molecule has 0 bridgehead atoms. The molecule has 0 aliphatic heterocycles. The summed E-state index contributed by atoms with van der Waals surface area (Å²) in [5.41, 5.74) is 2.22. The highest BCUT2D eigenvalue weighted by atomic mass is 32.2. The standard InChI is InChI=1S/C25H30N4O4S/c1-5-18-13-9-10-14-19(18)26-21(30)16-34-24-29-28-22(32-24)20(15-17-11-7-6-8-12-17)27-23(31)33-25(2,3)4/h6-14,20H,5,15-16H2,1-4H3,(H,26,30)(H,27,31)/t20-/m1/s1. The molecule has 2 N–H and O–H groups in total. The number of nitrogens with one attached hydrogen (secondary N) is 2. The molecule has 0 aliphatic carbocycles. The number of carbonyl (C=O) groups is 2. The molecule has 2 amide bonds. The number of alkyl carbamates (subject to hydrolysis) is 1. The van der Waals surface area contributed by atoms with Gasteiger partial charge in [-0.25, -0.2) is 4.79 Å². The molecule has 0 unspecified atom stereocenters. The third-order valence-corrected chi connectivity index (χ3v) is 5.51. The maximum Gasteiger partial charge on any atom is 0.408 e. The van der Waals surface area contributed by atoms with Gasteiger partial charge in [0.2, 0.25) is 11.8 Å². The smallest absolute Gasteiger partial charge is 0.408 e. The van der Waals surface area contributed by atoms with E-state index < -0.39 is 17.7 Å². The van der Waals surface area contributed by atoms with Gasteiger partial charge in [0.25, 0.3) is 5.22 Å². The lowest BCUT2D eigenvalue weighted by Crippen LogP contribution is -2.36. The summed E-state index contributed by atoms with van der Waals surface area (Å²) in [6.07, 6.45) is 0.694. The number of aryl methyl sites for hydroxylation is 1. The largest absolute Gasteiger partial charge is 0.444 e. The van der Waals surface area contributed by atoms with Crippen LogP contribution in [0.2, 0.25) is 0 Å². The van der Waals surface area contributed by atoms with Crippen molar-refractivity contribution in [1.29, 1.82) is 0 Å². The number of hydrogen-bond donors (Lipinski definition) is 2. The second-order valence-electron chi connectivity index (χ2n) is 8.64. The van der Waals surface area contributed by atoms with Gasteiger partial charge in [-0.05, 0) is 44.4 Å². The van der Waals surface area contributed by atoms with Crippen molar-refractivity contribution >= 4 is 29.4 Å². The van der Waals surface area contributed by atoms with Gasteiger partial charge in [-0.15, -0.1) is 10.2 Å². The first-order valence-electron chi connectivity index (χ1n) is 11.1. The number of para-hydroxylation sites is 1. The highest BCUT2D eigenvalue weighted by molar-refractivity contribution is 7.99. The Labute approximate surface area is 203 Å². The van der Waals surface area contributed by atoms with Crippen LogP contribution in [0, 0.1) is 0 Å². The molecule has 0 saturated carbocycles. The third kappa shape index (κ3) is 7.91. The zero-order chi connectivity index (χ0) is 24.6. The quantitative estimate of drug-likeness (QED) is 0.405. The molecule has 2 aromatic carbocycles. The lowest BCUT2D eigenvalue weighted by Gasteiger charge is -2.22. The minimum Gasteiger partial charge on any atom is -0.444 e. The topological polar surface area (TPSA) is 106 Å². The summed E-state index contributed by atoms with van der Waals surface area (Å²) >= 11 is 1.14. The van der Waals surface area contributed by atoms with Crippen molar-refractivity contribution in [2.24, 2.45) is 0 Å². The molecule has 1 atom stereocenters. The Kier molecular flexibility index (Phi) is 8.70. The van der Waals surface area contributed by atoms with Crippen LogP contribution in [0.25, 0.3) is 0 Å². The first kappa shape index (κ1) is 25.3. The van der Waals surface area contributed by atoms with E-state index in [0.717, 1.165) is 35.0 Å². The Morgan fingerprint density at radius 1 is 1.06 bits per heavy atom. The van der Waals surface area contributed by atoms with Crippen molar-refractivity contribution in [2.45, 2.75) is 57.4 Å². The van der Waals surface area contributed by atoms with Gasteiger partial charge in [-0.2, -0.15) is 0 Å². The van der Waals surface area contributed by atoms with Crippen molar-refractivity contribution in [3.8, 4) is 0 Å². The zero-order valence-electron chi connectivity index (χ0n) is 19.8. The number of carbonyl (C=O) groups excluding carboxylic acids is 2. The molecule has 1 aromatic heterocycles. The molecule has 1 heterocycles. The summed E-state index contributed by atoms with van der Waals surface area (Å²) in [6.45, 7) is 7.43. The van der Waals surface area contributed by atoms with Gasteiger partial charge in [0, 0.05) is 12.1 Å². The maximum absolute atomic E-state index is 12.4. The number of anilines is 1. The van der Waals surface area contributed by atoms with E-state index in [1.54, 1.807) is 20.8 Å². The minimum atomic E-state index is -0.638. The van der Waals surface area contributed by atoms with E-state index in [2.05, 4.69) is 20.8 Å². The van der Waals surface area contributed by atoms with Crippen molar-refractivity contribution in [2.75, 3.05) is 11.1 Å². The highest BCUT2D eigenvalue weighted by Crippen LogP contribution is 2.24. The molecule has 8 nitrogen and oxygen atoms in total. The summed E-state index contributed by atoms with van der Waals surface area (Å²) in [5, 5.41) is 14.1. The van der Waals surface area contributed by atoms with Crippen LogP contribution < -0.4 is 10.6 Å². The minimum absolute atomic E-state index is 0.114. The van der Waals surface area contributed by atoms with Crippen molar-refractivity contribution in [3.05, 3.63) is 71.6 Å². The van der Waals surface area contributed by atoms with E-state index in [4.69, 9.17) is 9.15 Å². The van der Waals surface area contributed by atoms with E-state index in [9.17, 15) is 9.59 Å². The number of aromatic nitrogens is 2. The van der Waals surface area contributed by atoms with Crippen molar-refractivity contribution in [3.63, 3.8) is 0 Å². The zero-order valence-corrected chi connectivity index (χ0v) is 20.6. The molecule has 9 heteroatoms. The predicted octanol–water partition coefficient (Wildman–Crippen LogP) is 5.17. The molecule has 3 rings (SSSR count). The highest BCUT2D eigenvalue weighted by Gasteiger charge is 2.25. The molecular formula is C25H30N4O4S. The molecule has 0 spiro atoms. The van der Waals surface area contributed by atoms with Gasteiger partial charge in [0.05, 0.1) is 5.75 Å². The Balaban J connectivity index is 1.65. The molecular weight excluding hydrogens is 452 g/mol. The van der Waals surface area contributed by atoms with E-state index in [1.165, 1.54) is 0 Å². The van der Waals surface area contributed by atoms with Gasteiger partial charge in [0.15, 0.2) is 0 Å². The summed E-state index contributed by atoms with van der Waals surface area (Å²) in [4.78, 5) is 24.8. The maximum atomic E-state index is 12.4. The first-order chi connectivity index (χ1) is 16.2. The number of ether oxygens (including phenoxy) is 1. The Bertz CT molecular complexity index is 1100. The number of benzene rings is 2. The van der Waals surface area contributed by atoms with Crippen LogP contribution in [0.4, 0.5) is 10.5 Å². The fourth-order valence-electron chi connectivity index (χ4n) is 3.18. The molecule has 0 radical (unpaired) electrons. The van der Waals surface area contributed by atoms with Gasteiger partial charge in [0.1, 0.15) is 11.6 Å². The van der Waals surface area contributed by atoms with Crippen LogP contribution in [0.3, 0.4) is 0 Å². The van der Waals surface area contributed by atoms with E-state index >= 15 is 0 Å². The monoisotopic (exact) mass is 482 g/mol. The fraction of sp³-hybridized carbons (Fsp3) is 0.360. The van der Waals surface area contributed by atoms with Gasteiger partial charge < -0.3 is 19.8 Å². The van der Waals surface area contributed by atoms with Gasteiger partial charge in [-0.3, -0.25) is 4.79 Å². The normalized spacial score (nSPS) is 12.1. The number of rotatable bonds is 9. The fourth-order valence-corrected chi connectivity index (χ4v) is 3.75. The summed E-state index contributed by atoms with van der Waals surface area (Å²) < 4.78 is 11.2. The SMILES string of the molecule is CCc1ccccc1NC(=O)CSc1nnc([C@@H](Cc2ccccc2)NC(=O)OC(C)(C)C)o1. The van der Waals surface area contributed by atoms with Crippen molar-refractivity contribution < 1.29 is 18.7 Å². The number of nitrogens with zero attached hydrogens (tertiary/aromatic N) is 2. The molecule has 0 fully saturated rings. The first-order valence-corrected chi connectivity index (χ1v) is 12.1. The van der Waals surface area contributed by atoms with E-state index in [-0.39, 0.29) is 22.8 Å². The van der Waals surface area contributed by atoms with E-state index in [1.807, 2.05) is 61.5 Å². The summed E-state index contributed by atoms with van der Waals surface area (Å²) in [6, 6.07) is 16.8. The van der Waals surface area contributed by atoms with Crippen molar-refractivity contribution in [1.82, 2.24) is 15.5 Å². The van der Waals surface area contributed by atoms with Crippen LogP contribution in [-0.2, 0) is 22.4 Å². The van der Waals surface area contributed by atoms with Crippen LogP contribution >= 0.6 is 11.8 Å². The third-order valence-electron chi connectivity index (χ3n) is 4.69. The average Bonchev–Trinajstić information content (AvgIpc) is 3.26. The number of thioether (sulfide) groups is 1. The van der Waals surface area contributed by atoms with Gasteiger partial charge >= 0.3 is 6.09 Å². The lowest BCUT2D eigenvalue weighted by molar-refractivity contribution is -0.113. The predicted molar refractivity (Wildman–Crippen MR) is 132 cm³/mol. The van der Waals surface area contributed by atoms with Crippen LogP contribution in [0.5, 0.6) is 0 Å². The van der Waals surface area contributed by atoms with Crippen LogP contribution in [0.15, 0.2) is 64.2 Å². The summed E-state index contributed by atoms with van der Waals surface area (Å²) in [7, 11) is 0.